The van der Waals surface area contributed by atoms with E-state index in [1.165, 1.54) is 6.42 Å². The Morgan fingerprint density at radius 3 is 2.09 bits per heavy atom. The van der Waals surface area contributed by atoms with Crippen LogP contribution in [0.1, 0.15) is 32.1 Å². The van der Waals surface area contributed by atoms with Crippen molar-refractivity contribution in [1.29, 1.82) is 0 Å². The van der Waals surface area contributed by atoms with Crippen LogP contribution < -0.4 is 0 Å². The number of hydrogen-bond acceptors (Lipinski definition) is 0. The van der Waals surface area contributed by atoms with Gasteiger partial charge < -0.3 is 5.50 Å². The normalized spacial score (nSPS) is 10.4. The average Bonchev–Trinajstić information content (AvgIpc) is 1.97. The van der Waals surface area contributed by atoms with Crippen LogP contribution in [0.3, 0.4) is 0 Å². The molecule has 1 unspecified atom stereocenters. The molecular formula is C7H16FNPY-. The second-order valence-corrected chi connectivity index (χ2v) is 3.24. The summed E-state index contributed by atoms with van der Waals surface area (Å²) < 4.78 is 11.5. The summed E-state index contributed by atoms with van der Waals surface area (Å²) in [7, 11) is 0.346. The van der Waals surface area contributed by atoms with Crippen LogP contribution in [-0.2, 0) is 32.7 Å². The van der Waals surface area contributed by atoms with Gasteiger partial charge in [0.25, 0.3) is 0 Å². The molecule has 0 amide bonds. The predicted molar refractivity (Wildman–Crippen MR) is 46.6 cm³/mol. The Bertz CT molecular complexity index is 58.4. The van der Waals surface area contributed by atoms with Crippen LogP contribution in [0.15, 0.2) is 0 Å². The summed E-state index contributed by atoms with van der Waals surface area (Å²) in [6.45, 7) is -0.166. The monoisotopic (exact) mass is 253 g/mol. The minimum absolute atomic E-state index is 0. The van der Waals surface area contributed by atoms with E-state index in [1.54, 1.807) is 0 Å². The number of alkyl halides is 1. The topological polar surface area (TPSA) is 23.8 Å². The summed E-state index contributed by atoms with van der Waals surface area (Å²) in [6.07, 6.45) is 6.28. The quantitative estimate of drug-likeness (QED) is 0.489. The molecule has 0 spiro atoms. The second-order valence-electron chi connectivity index (χ2n) is 2.38. The van der Waals surface area contributed by atoms with E-state index >= 15 is 0 Å². The number of rotatable bonds is 7. The molecule has 4 heteroatoms. The smallest absolute Gasteiger partial charge is 0.0894 e. The summed E-state index contributed by atoms with van der Waals surface area (Å²) >= 11 is 0. The minimum atomic E-state index is -0.166. The van der Waals surface area contributed by atoms with E-state index in [9.17, 15) is 4.39 Å². The number of halogens is 1. The van der Waals surface area contributed by atoms with Gasteiger partial charge >= 0.3 is 0 Å². The van der Waals surface area contributed by atoms with Crippen molar-refractivity contribution in [2.75, 3.05) is 12.8 Å². The van der Waals surface area contributed by atoms with E-state index < -0.39 is 0 Å². The molecular weight excluding hydrogens is 237 g/mol. The summed E-state index contributed by atoms with van der Waals surface area (Å²) in [6, 6.07) is 0. The van der Waals surface area contributed by atoms with E-state index in [-0.39, 0.29) is 39.4 Å². The van der Waals surface area contributed by atoms with Crippen molar-refractivity contribution in [2.45, 2.75) is 32.1 Å². The summed E-state index contributed by atoms with van der Waals surface area (Å²) in [5.74, 6) is 0. The zero-order chi connectivity index (χ0) is 7.66. The molecule has 1 atom stereocenters. The molecule has 0 saturated carbocycles. The standard InChI is InChI=1S/C7H16FNP.Y/c8-6-4-2-1-3-5-7-10-9;/h9-10H,1-7H2;/q-1;. The van der Waals surface area contributed by atoms with Crippen LogP contribution in [0.2, 0.25) is 0 Å². The largest absolute Gasteiger partial charge is 0.654 e. The SMILES string of the molecule is [NH-]PCCCCCCCF.[Y]. The Labute approximate surface area is 95.8 Å². The van der Waals surface area contributed by atoms with Crippen molar-refractivity contribution in [3.05, 3.63) is 5.50 Å². The molecule has 0 aliphatic heterocycles. The van der Waals surface area contributed by atoms with Gasteiger partial charge in [-0.25, -0.2) is 8.73 Å². The fourth-order valence-electron chi connectivity index (χ4n) is 0.838. The van der Waals surface area contributed by atoms with Gasteiger partial charge in [0.05, 0.1) is 6.67 Å². The maximum atomic E-state index is 11.5. The van der Waals surface area contributed by atoms with Crippen LogP contribution >= 0.6 is 8.73 Å². The van der Waals surface area contributed by atoms with Crippen molar-refractivity contribution < 1.29 is 37.1 Å². The first-order valence-electron chi connectivity index (χ1n) is 3.87. The van der Waals surface area contributed by atoms with Crippen LogP contribution in [0.4, 0.5) is 4.39 Å². The summed E-state index contributed by atoms with van der Waals surface area (Å²) in [5.41, 5.74) is 6.89. The average molecular weight is 253 g/mol. The fourth-order valence-corrected chi connectivity index (χ4v) is 1.26. The van der Waals surface area contributed by atoms with E-state index in [2.05, 4.69) is 0 Å². The molecule has 0 fully saturated rings. The van der Waals surface area contributed by atoms with E-state index in [0.29, 0.717) is 8.73 Å². The molecule has 0 aliphatic rings. The van der Waals surface area contributed by atoms with Crippen molar-refractivity contribution >= 4 is 8.73 Å². The van der Waals surface area contributed by atoms with Crippen molar-refractivity contribution in [1.82, 2.24) is 0 Å². The van der Waals surface area contributed by atoms with Crippen molar-refractivity contribution in [3.63, 3.8) is 0 Å². The Balaban J connectivity index is 0. The second kappa shape index (κ2) is 14.0. The maximum Gasteiger partial charge on any atom is 0.0894 e. The van der Waals surface area contributed by atoms with Crippen molar-refractivity contribution in [3.8, 4) is 0 Å². The van der Waals surface area contributed by atoms with E-state index in [0.717, 1.165) is 31.8 Å². The Morgan fingerprint density at radius 2 is 1.55 bits per heavy atom. The van der Waals surface area contributed by atoms with E-state index in [1.807, 2.05) is 0 Å². The van der Waals surface area contributed by atoms with E-state index in [4.69, 9.17) is 5.50 Å². The third kappa shape index (κ3) is 14.3. The first kappa shape index (κ1) is 14.9. The van der Waals surface area contributed by atoms with Crippen LogP contribution in [0.25, 0.3) is 5.50 Å². The molecule has 1 nitrogen and oxygen atoms in total. The molecule has 0 rings (SSSR count). The molecule has 0 aliphatic carbocycles. The Hall–Kier alpha value is 1.42. The molecule has 0 bridgehead atoms. The van der Waals surface area contributed by atoms with Gasteiger partial charge in [-0.3, -0.25) is 4.39 Å². The third-order valence-corrected chi connectivity index (χ3v) is 2.04. The molecule has 1 N–H and O–H groups in total. The third-order valence-electron chi connectivity index (χ3n) is 1.44. The first-order chi connectivity index (χ1) is 4.91. The van der Waals surface area contributed by atoms with Gasteiger partial charge in [0.2, 0.25) is 0 Å². The molecule has 0 heterocycles. The molecule has 1 radical (unpaired) electrons. The molecule has 0 aromatic heterocycles. The van der Waals surface area contributed by atoms with Gasteiger partial charge in [0, 0.05) is 32.7 Å². The van der Waals surface area contributed by atoms with Gasteiger partial charge in [-0.05, 0) is 6.42 Å². The number of hydrogen-bond donors (Lipinski definition) is 0. The minimum Gasteiger partial charge on any atom is -0.654 e. The van der Waals surface area contributed by atoms with Crippen LogP contribution in [0.5, 0.6) is 0 Å². The zero-order valence-electron chi connectivity index (χ0n) is 6.91. The van der Waals surface area contributed by atoms with Crippen LogP contribution in [-0.4, -0.2) is 12.8 Å². The fraction of sp³-hybridized carbons (Fsp3) is 1.00. The van der Waals surface area contributed by atoms with Gasteiger partial charge in [-0.15, -0.1) is 0 Å². The molecule has 0 aromatic rings. The van der Waals surface area contributed by atoms with Crippen molar-refractivity contribution in [2.24, 2.45) is 0 Å². The molecule has 65 valence electrons. The van der Waals surface area contributed by atoms with Gasteiger partial charge in [-0.1, -0.05) is 31.8 Å². The number of unbranched alkanes of at least 4 members (excludes halogenated alkanes) is 4. The van der Waals surface area contributed by atoms with Crippen LogP contribution in [0, 0.1) is 0 Å². The molecule has 0 saturated heterocycles. The summed E-state index contributed by atoms with van der Waals surface area (Å²) in [5, 5.41) is 0. The maximum absolute atomic E-state index is 11.5. The first-order valence-corrected chi connectivity index (χ1v) is 5.08. The van der Waals surface area contributed by atoms with Gasteiger partial charge in [0.15, 0.2) is 0 Å². The zero-order valence-corrected chi connectivity index (χ0v) is 10.7. The molecule has 0 aromatic carbocycles. The summed E-state index contributed by atoms with van der Waals surface area (Å²) in [4.78, 5) is 0. The Kier molecular flexibility index (Phi) is 19.0. The predicted octanol–water partition coefficient (Wildman–Crippen LogP) is 3.55. The Morgan fingerprint density at radius 1 is 1.00 bits per heavy atom. The van der Waals surface area contributed by atoms with Gasteiger partial charge in [-0.2, -0.15) is 0 Å². The van der Waals surface area contributed by atoms with Gasteiger partial charge in [0.1, 0.15) is 0 Å². The number of nitrogens with one attached hydrogen (secondary N) is 1. The molecule has 11 heavy (non-hydrogen) atoms.